The first kappa shape index (κ1) is 18.4. The van der Waals surface area contributed by atoms with Crippen LogP contribution in [0.2, 0.25) is 0 Å². The predicted molar refractivity (Wildman–Crippen MR) is 97.2 cm³/mol. The highest BCUT2D eigenvalue weighted by Crippen LogP contribution is 2.24. The molecule has 2 aromatic rings. The average molecular weight is 357 g/mol. The Balaban J connectivity index is 1.49. The number of aliphatic hydroxyl groups excluding tert-OH is 1. The summed E-state index contributed by atoms with van der Waals surface area (Å²) in [7, 11) is 0. The van der Waals surface area contributed by atoms with E-state index in [1.165, 1.54) is 12.1 Å². The first-order valence-corrected chi connectivity index (χ1v) is 9.00. The highest BCUT2D eigenvalue weighted by molar-refractivity contribution is 5.78. The molecule has 0 saturated carbocycles. The third kappa shape index (κ3) is 4.61. The number of piperidine rings is 1. The van der Waals surface area contributed by atoms with Crippen molar-refractivity contribution in [3.8, 4) is 5.75 Å². The lowest BCUT2D eigenvalue weighted by Crippen LogP contribution is -2.42. The molecule has 1 unspecified atom stereocenters. The Morgan fingerprint density at radius 2 is 1.81 bits per heavy atom. The van der Waals surface area contributed by atoms with Gasteiger partial charge in [-0.05, 0) is 48.4 Å². The molecule has 0 aliphatic carbocycles. The Kier molecular flexibility index (Phi) is 5.89. The molecule has 0 aromatic heterocycles. The van der Waals surface area contributed by atoms with Gasteiger partial charge in [0.2, 0.25) is 5.91 Å². The maximum Gasteiger partial charge on any atom is 0.226 e. The maximum absolute atomic E-state index is 13.4. The number of benzene rings is 2. The second kappa shape index (κ2) is 8.32. The van der Waals surface area contributed by atoms with E-state index in [4.69, 9.17) is 0 Å². The predicted octanol–water partition coefficient (Wildman–Crippen LogP) is 2.92. The van der Waals surface area contributed by atoms with E-state index < -0.39 is 17.7 Å². The lowest BCUT2D eigenvalue weighted by molar-refractivity contribution is -0.132. The second-order valence-corrected chi connectivity index (χ2v) is 6.94. The van der Waals surface area contributed by atoms with E-state index in [2.05, 4.69) is 0 Å². The number of phenols is 1. The molecule has 1 aliphatic rings. The second-order valence-electron chi connectivity index (χ2n) is 6.94. The molecular formula is C21H24FNO3. The molecule has 138 valence electrons. The van der Waals surface area contributed by atoms with Gasteiger partial charge in [0.1, 0.15) is 0 Å². The van der Waals surface area contributed by atoms with E-state index in [9.17, 15) is 19.4 Å². The van der Waals surface area contributed by atoms with Crippen LogP contribution in [0.15, 0.2) is 48.5 Å². The topological polar surface area (TPSA) is 60.8 Å². The van der Waals surface area contributed by atoms with E-state index in [1.807, 2.05) is 30.3 Å². The van der Waals surface area contributed by atoms with Gasteiger partial charge in [0.15, 0.2) is 11.6 Å². The lowest BCUT2D eigenvalue weighted by Gasteiger charge is -2.34. The van der Waals surface area contributed by atoms with Crippen molar-refractivity contribution in [3.63, 3.8) is 0 Å². The van der Waals surface area contributed by atoms with Gasteiger partial charge in [0, 0.05) is 13.1 Å². The summed E-state index contributed by atoms with van der Waals surface area (Å²) in [4.78, 5) is 14.2. The average Bonchev–Trinajstić information content (AvgIpc) is 2.65. The lowest BCUT2D eigenvalue weighted by atomic mass is 9.88. The van der Waals surface area contributed by atoms with Crippen molar-refractivity contribution >= 4 is 5.91 Å². The summed E-state index contributed by atoms with van der Waals surface area (Å²) in [5.41, 5.74) is 1.67. The number of rotatable bonds is 5. The number of phenolic OH excluding ortho intramolecular Hbond substituents is 1. The van der Waals surface area contributed by atoms with Gasteiger partial charge < -0.3 is 15.1 Å². The van der Waals surface area contributed by atoms with Gasteiger partial charge in [-0.3, -0.25) is 4.79 Å². The van der Waals surface area contributed by atoms with Crippen LogP contribution in [0, 0.1) is 11.7 Å². The van der Waals surface area contributed by atoms with Crippen LogP contribution in [-0.2, 0) is 17.6 Å². The third-order valence-electron chi connectivity index (χ3n) is 5.09. The molecule has 1 aliphatic heterocycles. The molecular weight excluding hydrogens is 333 g/mol. The first-order valence-electron chi connectivity index (χ1n) is 9.00. The number of aromatic hydroxyl groups is 1. The molecule has 0 bridgehead atoms. The van der Waals surface area contributed by atoms with Crippen LogP contribution in [0.25, 0.3) is 0 Å². The van der Waals surface area contributed by atoms with E-state index in [0.29, 0.717) is 25.1 Å². The molecule has 0 spiro atoms. The van der Waals surface area contributed by atoms with Gasteiger partial charge in [-0.2, -0.15) is 0 Å². The van der Waals surface area contributed by atoms with Crippen LogP contribution in [-0.4, -0.2) is 40.2 Å². The van der Waals surface area contributed by atoms with Crippen LogP contribution < -0.4 is 0 Å². The van der Waals surface area contributed by atoms with Crippen LogP contribution in [0.1, 0.15) is 24.0 Å². The van der Waals surface area contributed by atoms with Gasteiger partial charge in [-0.25, -0.2) is 4.39 Å². The van der Waals surface area contributed by atoms with Gasteiger partial charge >= 0.3 is 0 Å². The van der Waals surface area contributed by atoms with Crippen LogP contribution in [0.5, 0.6) is 5.75 Å². The monoisotopic (exact) mass is 357 g/mol. The van der Waals surface area contributed by atoms with Gasteiger partial charge in [-0.1, -0.05) is 36.4 Å². The molecule has 2 aromatic carbocycles. The normalized spacial score (nSPS) is 16.5. The zero-order valence-corrected chi connectivity index (χ0v) is 14.6. The van der Waals surface area contributed by atoms with Gasteiger partial charge in [0.05, 0.1) is 12.5 Å². The molecule has 1 atom stereocenters. The summed E-state index contributed by atoms with van der Waals surface area (Å²) in [6, 6.07) is 13.9. The van der Waals surface area contributed by atoms with Crippen molar-refractivity contribution in [2.24, 2.45) is 5.92 Å². The Morgan fingerprint density at radius 3 is 2.46 bits per heavy atom. The summed E-state index contributed by atoms with van der Waals surface area (Å²) in [5.74, 6) is -0.982. The minimum absolute atomic E-state index is 0.0499. The third-order valence-corrected chi connectivity index (χ3v) is 5.09. The summed E-state index contributed by atoms with van der Waals surface area (Å²) < 4.78 is 13.4. The van der Waals surface area contributed by atoms with Gasteiger partial charge in [-0.15, -0.1) is 0 Å². The number of carbonyl (C=O) groups is 1. The quantitative estimate of drug-likeness (QED) is 0.865. The number of hydrogen-bond donors (Lipinski definition) is 2. The molecule has 1 heterocycles. The van der Waals surface area contributed by atoms with Crippen molar-refractivity contribution in [2.75, 3.05) is 13.1 Å². The fourth-order valence-electron chi connectivity index (χ4n) is 3.50. The van der Waals surface area contributed by atoms with E-state index in [1.54, 1.807) is 11.0 Å². The SMILES string of the molecule is O=C(Cc1ccc(O)c(F)c1)N1CCC(C(O)Cc2ccccc2)CC1. The van der Waals surface area contributed by atoms with Crippen molar-refractivity contribution < 1.29 is 19.4 Å². The molecule has 0 radical (unpaired) electrons. The minimum Gasteiger partial charge on any atom is -0.505 e. The number of amides is 1. The smallest absolute Gasteiger partial charge is 0.226 e. The van der Waals surface area contributed by atoms with Crippen LogP contribution in [0.3, 0.4) is 0 Å². The fraction of sp³-hybridized carbons (Fsp3) is 0.381. The standard InChI is InChI=1S/C21H24FNO3/c22-18-12-16(6-7-19(18)24)14-21(26)23-10-8-17(9-11-23)20(25)13-15-4-2-1-3-5-15/h1-7,12,17,20,24-25H,8-11,13-14H2. The highest BCUT2D eigenvalue weighted by atomic mass is 19.1. The summed E-state index contributed by atoms with van der Waals surface area (Å²) in [6.45, 7) is 1.21. The Bertz CT molecular complexity index is 742. The zero-order valence-electron chi connectivity index (χ0n) is 14.6. The molecule has 4 nitrogen and oxygen atoms in total. The summed E-state index contributed by atoms with van der Waals surface area (Å²) in [6.07, 6.45) is 1.88. The minimum atomic E-state index is -0.710. The molecule has 2 N–H and O–H groups in total. The molecule has 3 rings (SSSR count). The number of hydrogen-bond acceptors (Lipinski definition) is 3. The Morgan fingerprint density at radius 1 is 1.12 bits per heavy atom. The maximum atomic E-state index is 13.4. The van der Waals surface area contributed by atoms with Crippen molar-refractivity contribution in [1.29, 1.82) is 0 Å². The number of nitrogens with zero attached hydrogens (tertiary/aromatic N) is 1. The van der Waals surface area contributed by atoms with Crippen LogP contribution >= 0.6 is 0 Å². The molecule has 26 heavy (non-hydrogen) atoms. The number of halogens is 1. The molecule has 1 fully saturated rings. The van der Waals surface area contributed by atoms with E-state index >= 15 is 0 Å². The molecule has 1 amide bonds. The fourth-order valence-corrected chi connectivity index (χ4v) is 3.50. The zero-order chi connectivity index (χ0) is 18.5. The first-order chi connectivity index (χ1) is 12.5. The Labute approximate surface area is 152 Å². The van der Waals surface area contributed by atoms with E-state index in [-0.39, 0.29) is 18.2 Å². The van der Waals surface area contributed by atoms with Crippen molar-refractivity contribution in [3.05, 3.63) is 65.5 Å². The van der Waals surface area contributed by atoms with Crippen molar-refractivity contribution in [2.45, 2.75) is 31.8 Å². The molecule has 5 heteroatoms. The van der Waals surface area contributed by atoms with Crippen LogP contribution in [0.4, 0.5) is 4.39 Å². The number of likely N-dealkylation sites (tertiary alicyclic amines) is 1. The van der Waals surface area contributed by atoms with E-state index in [0.717, 1.165) is 18.4 Å². The number of carbonyl (C=O) groups excluding carboxylic acids is 1. The highest BCUT2D eigenvalue weighted by Gasteiger charge is 2.27. The largest absolute Gasteiger partial charge is 0.505 e. The Hall–Kier alpha value is -2.40. The summed E-state index contributed by atoms with van der Waals surface area (Å²) in [5, 5.41) is 19.7. The summed E-state index contributed by atoms with van der Waals surface area (Å²) >= 11 is 0. The van der Waals surface area contributed by atoms with Gasteiger partial charge in [0.25, 0.3) is 0 Å². The molecule has 1 saturated heterocycles. The number of aliphatic hydroxyl groups is 1. The van der Waals surface area contributed by atoms with Crippen molar-refractivity contribution in [1.82, 2.24) is 4.90 Å².